The summed E-state index contributed by atoms with van der Waals surface area (Å²) >= 11 is 0. The number of aliphatic hydroxyl groups is 1. The number of nitrogens with one attached hydrogen (secondary N) is 2. The van der Waals surface area contributed by atoms with Crippen LogP contribution < -0.4 is 5.32 Å². The quantitative estimate of drug-likeness (QED) is 0.504. The highest BCUT2D eigenvalue weighted by molar-refractivity contribution is 5.72. The average molecular weight is 442 g/mol. The van der Waals surface area contributed by atoms with E-state index in [1.165, 1.54) is 16.6 Å². The summed E-state index contributed by atoms with van der Waals surface area (Å²) in [7, 11) is 0. The average Bonchev–Trinajstić information content (AvgIpc) is 3.17. The van der Waals surface area contributed by atoms with Crippen molar-refractivity contribution in [2.24, 2.45) is 0 Å². The lowest BCUT2D eigenvalue weighted by Gasteiger charge is -2.10. The number of hydrogen-bond donors (Lipinski definition) is 3. The molecular formula is C18H18F4N6O3. The maximum Gasteiger partial charge on any atom is 0.522 e. The first kappa shape index (κ1) is 20.2. The van der Waals surface area contributed by atoms with Gasteiger partial charge >= 0.3 is 6.36 Å². The number of aromatic nitrogens is 5. The molecule has 0 spiro atoms. The fourth-order valence-electron chi connectivity index (χ4n) is 3.47. The lowest BCUT2D eigenvalue weighted by atomic mass is 10.1. The number of anilines is 2. The number of H-pyrrole nitrogens is 1. The van der Waals surface area contributed by atoms with Crippen LogP contribution >= 0.6 is 0 Å². The van der Waals surface area contributed by atoms with Gasteiger partial charge in [0.2, 0.25) is 0 Å². The predicted octanol–water partition coefficient (Wildman–Crippen LogP) is 2.88. The molecule has 2 aliphatic rings. The molecule has 5 rings (SSSR count). The summed E-state index contributed by atoms with van der Waals surface area (Å²) in [6.45, 7) is -0.840. The smallest absolute Gasteiger partial charge is 0.388 e. The second-order valence-electron chi connectivity index (χ2n) is 7.59. The molecule has 3 atom stereocenters. The predicted molar refractivity (Wildman–Crippen MR) is 97.3 cm³/mol. The van der Waals surface area contributed by atoms with Crippen molar-refractivity contribution in [3.63, 3.8) is 0 Å². The van der Waals surface area contributed by atoms with E-state index in [2.05, 4.69) is 30.3 Å². The topological polar surface area (TPSA) is 110 Å². The molecule has 0 aromatic carbocycles. The third-order valence-corrected chi connectivity index (χ3v) is 5.16. The summed E-state index contributed by atoms with van der Waals surface area (Å²) in [5, 5.41) is 23.4. The molecule has 0 unspecified atom stereocenters. The maximum atomic E-state index is 14.1. The van der Waals surface area contributed by atoms with E-state index in [1.807, 2.05) is 0 Å². The molecule has 1 aliphatic heterocycles. The van der Waals surface area contributed by atoms with Crippen LogP contribution in [0.5, 0.6) is 0 Å². The zero-order valence-corrected chi connectivity index (χ0v) is 15.9. The number of hydrogen-bond acceptors (Lipinski definition) is 7. The van der Waals surface area contributed by atoms with Crippen LogP contribution in [-0.4, -0.2) is 55.1 Å². The number of aliphatic hydroxyl groups excluding tert-OH is 1. The molecule has 0 bridgehead atoms. The van der Waals surface area contributed by atoms with Crippen LogP contribution in [0, 0.1) is 0 Å². The van der Waals surface area contributed by atoms with Gasteiger partial charge in [-0.1, -0.05) is 0 Å². The van der Waals surface area contributed by atoms with Crippen molar-refractivity contribution in [2.75, 3.05) is 11.9 Å². The summed E-state index contributed by atoms with van der Waals surface area (Å²) in [5.74, 6) is 0.917. The molecule has 0 radical (unpaired) electrons. The minimum atomic E-state index is -4.76. The maximum absolute atomic E-state index is 14.1. The van der Waals surface area contributed by atoms with Crippen LogP contribution in [-0.2, 0) is 16.1 Å². The molecular weight excluding hydrogens is 424 g/mol. The van der Waals surface area contributed by atoms with Crippen molar-refractivity contribution in [2.45, 2.75) is 50.1 Å². The van der Waals surface area contributed by atoms with E-state index in [0.717, 1.165) is 18.5 Å². The van der Waals surface area contributed by atoms with Crippen LogP contribution in [0.15, 0.2) is 18.3 Å². The zero-order valence-electron chi connectivity index (χ0n) is 15.9. The van der Waals surface area contributed by atoms with Gasteiger partial charge in [-0.05, 0) is 18.9 Å². The van der Waals surface area contributed by atoms with Gasteiger partial charge in [0, 0.05) is 12.0 Å². The summed E-state index contributed by atoms with van der Waals surface area (Å²) in [5.41, 5.74) is 1.62. The largest absolute Gasteiger partial charge is 0.522 e. The number of rotatable bonds is 6. The molecule has 2 fully saturated rings. The minimum absolute atomic E-state index is 0.0893. The number of aromatic amines is 1. The fourth-order valence-corrected chi connectivity index (χ4v) is 3.47. The van der Waals surface area contributed by atoms with E-state index in [4.69, 9.17) is 4.74 Å². The second-order valence-corrected chi connectivity index (χ2v) is 7.59. The SMILES string of the molecule is O[C@@H]1CO[C@H](c2cc(Nc3nc(C4CC4)cn4nc(COC(F)(F)F)cc34)n[nH]2)[C@H]1F. The van der Waals surface area contributed by atoms with E-state index in [1.54, 1.807) is 6.20 Å². The Morgan fingerprint density at radius 2 is 2.13 bits per heavy atom. The normalized spacial score (nSPS) is 24.2. The van der Waals surface area contributed by atoms with Crippen LogP contribution in [0.4, 0.5) is 29.2 Å². The molecule has 1 aliphatic carbocycles. The Balaban J connectivity index is 1.42. The zero-order chi connectivity index (χ0) is 21.8. The lowest BCUT2D eigenvalue weighted by Crippen LogP contribution is -2.20. The third-order valence-electron chi connectivity index (χ3n) is 5.16. The number of fused-ring (bicyclic) bond motifs is 1. The summed E-state index contributed by atoms with van der Waals surface area (Å²) in [4.78, 5) is 4.58. The van der Waals surface area contributed by atoms with Gasteiger partial charge in [-0.15, -0.1) is 13.2 Å². The van der Waals surface area contributed by atoms with E-state index in [0.29, 0.717) is 22.8 Å². The van der Waals surface area contributed by atoms with E-state index < -0.39 is 31.3 Å². The van der Waals surface area contributed by atoms with Gasteiger partial charge in [0.1, 0.15) is 24.3 Å². The summed E-state index contributed by atoms with van der Waals surface area (Å²) in [6, 6.07) is 2.97. The van der Waals surface area contributed by atoms with Crippen molar-refractivity contribution in [3.05, 3.63) is 35.4 Å². The minimum Gasteiger partial charge on any atom is -0.388 e. The number of halogens is 4. The van der Waals surface area contributed by atoms with Crippen molar-refractivity contribution in [3.8, 4) is 0 Å². The molecule has 4 heterocycles. The highest BCUT2D eigenvalue weighted by atomic mass is 19.4. The van der Waals surface area contributed by atoms with Gasteiger partial charge in [0.05, 0.1) is 29.9 Å². The van der Waals surface area contributed by atoms with Crippen molar-refractivity contribution < 1.29 is 32.1 Å². The lowest BCUT2D eigenvalue weighted by molar-refractivity contribution is -0.330. The Bertz CT molecular complexity index is 1100. The third kappa shape index (κ3) is 4.20. The van der Waals surface area contributed by atoms with Gasteiger partial charge < -0.3 is 15.2 Å². The molecule has 13 heteroatoms. The highest BCUT2D eigenvalue weighted by Gasteiger charge is 2.38. The Morgan fingerprint density at radius 1 is 1.32 bits per heavy atom. The number of nitrogens with zero attached hydrogens (tertiary/aromatic N) is 4. The van der Waals surface area contributed by atoms with Crippen LogP contribution in [0.3, 0.4) is 0 Å². The van der Waals surface area contributed by atoms with Gasteiger partial charge in [0.25, 0.3) is 0 Å². The number of alkyl halides is 4. The van der Waals surface area contributed by atoms with Crippen LogP contribution in [0.1, 0.15) is 41.9 Å². The van der Waals surface area contributed by atoms with E-state index in [9.17, 15) is 22.7 Å². The molecule has 166 valence electrons. The Kier molecular flexibility index (Phi) is 4.83. The van der Waals surface area contributed by atoms with Gasteiger partial charge in [-0.25, -0.2) is 13.9 Å². The molecule has 0 amide bonds. The monoisotopic (exact) mass is 442 g/mol. The van der Waals surface area contributed by atoms with Crippen molar-refractivity contribution in [1.29, 1.82) is 0 Å². The van der Waals surface area contributed by atoms with Gasteiger partial charge in [0.15, 0.2) is 17.8 Å². The first-order valence-corrected chi connectivity index (χ1v) is 9.63. The van der Waals surface area contributed by atoms with Crippen molar-refractivity contribution in [1.82, 2.24) is 24.8 Å². The summed E-state index contributed by atoms with van der Waals surface area (Å²) in [6.07, 6.45) is -4.89. The summed E-state index contributed by atoms with van der Waals surface area (Å²) < 4.78 is 61.8. The first-order chi connectivity index (χ1) is 14.8. The Hall–Kier alpha value is -2.77. The standard InChI is InChI=1S/C18H18F4N6O3/c19-15-13(29)7-30-16(15)10-4-14(26-25-10)24-17-12-3-9(6-31-18(20,21)22)27-28(12)5-11(23-17)8-1-2-8/h3-5,8,13,15-16,29H,1-2,6-7H2,(H2,23,24,25,26)/t13-,15+,16-/m1/s1. The van der Waals surface area contributed by atoms with Crippen LogP contribution in [0.25, 0.3) is 5.52 Å². The van der Waals surface area contributed by atoms with E-state index in [-0.39, 0.29) is 18.2 Å². The molecule has 3 aromatic heterocycles. The van der Waals surface area contributed by atoms with E-state index >= 15 is 0 Å². The molecule has 3 aromatic rings. The molecule has 3 N–H and O–H groups in total. The molecule has 31 heavy (non-hydrogen) atoms. The Labute approximate surface area is 172 Å². The van der Waals surface area contributed by atoms with Crippen LogP contribution in [0.2, 0.25) is 0 Å². The van der Waals surface area contributed by atoms with Gasteiger partial charge in [-0.3, -0.25) is 9.84 Å². The number of ether oxygens (including phenoxy) is 2. The Morgan fingerprint density at radius 3 is 2.81 bits per heavy atom. The van der Waals surface area contributed by atoms with Crippen molar-refractivity contribution >= 4 is 17.2 Å². The molecule has 1 saturated carbocycles. The highest BCUT2D eigenvalue weighted by Crippen LogP contribution is 2.40. The first-order valence-electron chi connectivity index (χ1n) is 9.63. The van der Waals surface area contributed by atoms with Gasteiger partial charge in [-0.2, -0.15) is 10.2 Å². The molecule has 9 nitrogen and oxygen atoms in total. The second kappa shape index (κ2) is 7.43. The fraction of sp³-hybridized carbons (Fsp3) is 0.500. The molecule has 1 saturated heterocycles.